The van der Waals surface area contributed by atoms with Gasteiger partial charge in [0.05, 0.1) is 11.8 Å². The summed E-state index contributed by atoms with van der Waals surface area (Å²) < 4.78 is 61.8. The molecule has 1 heterocycles. The van der Waals surface area contributed by atoms with Gasteiger partial charge in [-0.05, 0) is 24.3 Å². The monoisotopic (exact) mass is 310 g/mol. The number of rotatable bonds is 3. The summed E-state index contributed by atoms with van der Waals surface area (Å²) in [5.74, 6) is -0.414. The lowest BCUT2D eigenvalue weighted by molar-refractivity contribution is -0.137. The van der Waals surface area contributed by atoms with Gasteiger partial charge in [0.25, 0.3) is 0 Å². The third-order valence-electron chi connectivity index (χ3n) is 3.19. The molecule has 1 aromatic heterocycles. The second kappa shape index (κ2) is 5.36. The second-order valence-corrected chi connectivity index (χ2v) is 4.69. The quantitative estimate of drug-likeness (QED) is 0.623. The number of furan rings is 1. The van der Waals surface area contributed by atoms with Crippen molar-refractivity contribution in [3.05, 3.63) is 65.7 Å². The van der Waals surface area contributed by atoms with Crippen LogP contribution >= 0.6 is 0 Å². The number of alkyl halides is 3. The first-order valence-corrected chi connectivity index (χ1v) is 6.40. The number of hydrogen-bond acceptors (Lipinski definition) is 2. The lowest BCUT2D eigenvalue weighted by Gasteiger charge is -2.09. The fourth-order valence-corrected chi connectivity index (χ4v) is 2.11. The van der Waals surface area contributed by atoms with Gasteiger partial charge < -0.3 is 9.15 Å². The van der Waals surface area contributed by atoms with E-state index in [0.717, 1.165) is 12.1 Å². The number of para-hydroxylation sites is 1. The van der Waals surface area contributed by atoms with E-state index in [1.54, 1.807) is 6.07 Å². The van der Waals surface area contributed by atoms with E-state index in [9.17, 15) is 17.6 Å². The lowest BCUT2D eigenvalue weighted by atomic mass is 10.2. The van der Waals surface area contributed by atoms with E-state index in [1.807, 2.05) is 0 Å². The highest BCUT2D eigenvalue weighted by Gasteiger charge is 2.30. The maximum Gasteiger partial charge on any atom is 0.416 e. The Morgan fingerprint density at radius 3 is 2.59 bits per heavy atom. The molecule has 0 aliphatic heterocycles. The topological polar surface area (TPSA) is 22.4 Å². The summed E-state index contributed by atoms with van der Waals surface area (Å²) in [7, 11) is 0. The number of benzene rings is 2. The summed E-state index contributed by atoms with van der Waals surface area (Å²) >= 11 is 0. The Balaban J connectivity index is 1.81. The molecule has 114 valence electrons. The standard InChI is InChI=1S/C16H10F4O2/c17-14-6-2-5-13-10(9-22-15(13)14)8-21-12-4-1-3-11(7-12)16(18,19)20/h1-7,9H,8H2. The van der Waals surface area contributed by atoms with Gasteiger partial charge in [-0.15, -0.1) is 0 Å². The SMILES string of the molecule is Fc1cccc2c(COc3cccc(C(F)(F)F)c3)coc12. The summed E-state index contributed by atoms with van der Waals surface area (Å²) in [4.78, 5) is 0. The van der Waals surface area contributed by atoms with Crippen molar-refractivity contribution in [2.45, 2.75) is 12.8 Å². The molecule has 22 heavy (non-hydrogen) atoms. The molecule has 0 atom stereocenters. The molecule has 0 amide bonds. The van der Waals surface area contributed by atoms with Crippen molar-refractivity contribution in [2.75, 3.05) is 0 Å². The minimum Gasteiger partial charge on any atom is -0.489 e. The van der Waals surface area contributed by atoms with Crippen molar-refractivity contribution in [1.29, 1.82) is 0 Å². The Morgan fingerprint density at radius 1 is 1.05 bits per heavy atom. The molecule has 2 aromatic carbocycles. The Kier molecular flexibility index (Phi) is 3.52. The van der Waals surface area contributed by atoms with Crippen LogP contribution in [0.5, 0.6) is 5.75 Å². The highest BCUT2D eigenvalue weighted by molar-refractivity contribution is 5.81. The van der Waals surface area contributed by atoms with Crippen molar-refractivity contribution < 1.29 is 26.7 Å². The molecule has 0 saturated carbocycles. The van der Waals surface area contributed by atoms with Crippen molar-refractivity contribution in [3.8, 4) is 5.75 Å². The average Bonchev–Trinajstić information content (AvgIpc) is 2.89. The van der Waals surface area contributed by atoms with E-state index in [2.05, 4.69) is 0 Å². The number of halogens is 4. The molecule has 0 aliphatic rings. The van der Waals surface area contributed by atoms with Crippen LogP contribution in [0, 0.1) is 5.82 Å². The van der Waals surface area contributed by atoms with E-state index in [0.29, 0.717) is 10.9 Å². The Morgan fingerprint density at radius 2 is 1.82 bits per heavy atom. The number of hydrogen-bond donors (Lipinski definition) is 0. The Labute approximate surface area is 122 Å². The predicted molar refractivity (Wildman–Crippen MR) is 71.9 cm³/mol. The largest absolute Gasteiger partial charge is 0.489 e. The minimum atomic E-state index is -4.43. The Hall–Kier alpha value is -2.50. The van der Waals surface area contributed by atoms with E-state index < -0.39 is 17.6 Å². The van der Waals surface area contributed by atoms with Crippen LogP contribution in [-0.4, -0.2) is 0 Å². The summed E-state index contributed by atoms with van der Waals surface area (Å²) in [6.07, 6.45) is -3.09. The van der Waals surface area contributed by atoms with Crippen molar-refractivity contribution in [1.82, 2.24) is 0 Å². The highest BCUT2D eigenvalue weighted by atomic mass is 19.4. The van der Waals surface area contributed by atoms with Gasteiger partial charge in [-0.25, -0.2) is 4.39 Å². The van der Waals surface area contributed by atoms with Crippen molar-refractivity contribution in [3.63, 3.8) is 0 Å². The molecule has 0 bridgehead atoms. The van der Waals surface area contributed by atoms with Gasteiger partial charge in [-0.1, -0.05) is 18.2 Å². The van der Waals surface area contributed by atoms with Crippen LogP contribution in [0.3, 0.4) is 0 Å². The Bertz CT molecular complexity index is 805. The maximum atomic E-state index is 13.5. The van der Waals surface area contributed by atoms with E-state index in [1.165, 1.54) is 30.5 Å². The first-order chi connectivity index (χ1) is 10.4. The normalized spacial score (nSPS) is 11.8. The molecule has 3 aromatic rings. The zero-order chi connectivity index (χ0) is 15.7. The predicted octanol–water partition coefficient (Wildman–Crippen LogP) is 5.17. The second-order valence-electron chi connectivity index (χ2n) is 4.69. The zero-order valence-corrected chi connectivity index (χ0v) is 11.2. The van der Waals surface area contributed by atoms with Gasteiger partial charge in [0.2, 0.25) is 0 Å². The molecule has 0 unspecified atom stereocenters. The fraction of sp³-hybridized carbons (Fsp3) is 0.125. The average molecular weight is 310 g/mol. The molecule has 0 aliphatic carbocycles. The smallest absolute Gasteiger partial charge is 0.416 e. The molecule has 0 fully saturated rings. The minimum absolute atomic E-state index is 0.0161. The van der Waals surface area contributed by atoms with E-state index in [4.69, 9.17) is 9.15 Å². The maximum absolute atomic E-state index is 13.5. The van der Waals surface area contributed by atoms with E-state index >= 15 is 0 Å². The van der Waals surface area contributed by atoms with Crippen LogP contribution in [0.2, 0.25) is 0 Å². The highest BCUT2D eigenvalue weighted by Crippen LogP contribution is 2.32. The molecular formula is C16H10F4O2. The summed E-state index contributed by atoms with van der Waals surface area (Å²) in [5, 5.41) is 0.534. The van der Waals surface area contributed by atoms with Crippen LogP contribution in [0.25, 0.3) is 11.0 Å². The van der Waals surface area contributed by atoms with Crippen molar-refractivity contribution in [2.24, 2.45) is 0 Å². The van der Waals surface area contributed by atoms with Gasteiger partial charge in [0.1, 0.15) is 12.4 Å². The molecule has 0 N–H and O–H groups in total. The first-order valence-electron chi connectivity index (χ1n) is 6.40. The van der Waals surface area contributed by atoms with Crippen LogP contribution in [0.15, 0.2) is 53.1 Å². The molecule has 0 radical (unpaired) electrons. The molecule has 3 rings (SSSR count). The van der Waals surface area contributed by atoms with Gasteiger partial charge in [-0.3, -0.25) is 0 Å². The first kappa shape index (κ1) is 14.4. The molecule has 6 heteroatoms. The van der Waals surface area contributed by atoms with Crippen LogP contribution < -0.4 is 4.74 Å². The van der Waals surface area contributed by atoms with Gasteiger partial charge in [-0.2, -0.15) is 13.2 Å². The van der Waals surface area contributed by atoms with Crippen LogP contribution in [-0.2, 0) is 12.8 Å². The third kappa shape index (κ3) is 2.77. The van der Waals surface area contributed by atoms with Gasteiger partial charge in [0, 0.05) is 10.9 Å². The number of ether oxygens (including phenoxy) is 1. The van der Waals surface area contributed by atoms with Crippen LogP contribution in [0.1, 0.15) is 11.1 Å². The molecule has 0 saturated heterocycles. The third-order valence-corrected chi connectivity index (χ3v) is 3.19. The summed E-state index contributed by atoms with van der Waals surface area (Å²) in [6.45, 7) is -0.0161. The lowest BCUT2D eigenvalue weighted by Crippen LogP contribution is -2.05. The number of fused-ring (bicyclic) bond motifs is 1. The summed E-state index contributed by atoms with van der Waals surface area (Å²) in [5.41, 5.74) is -0.120. The molecular weight excluding hydrogens is 300 g/mol. The van der Waals surface area contributed by atoms with Gasteiger partial charge >= 0.3 is 6.18 Å². The van der Waals surface area contributed by atoms with Crippen LogP contribution in [0.4, 0.5) is 17.6 Å². The van der Waals surface area contributed by atoms with Gasteiger partial charge in [0.15, 0.2) is 11.4 Å². The summed E-state index contributed by atoms with van der Waals surface area (Å²) in [6, 6.07) is 9.04. The zero-order valence-electron chi connectivity index (χ0n) is 11.2. The molecule has 0 spiro atoms. The van der Waals surface area contributed by atoms with E-state index in [-0.39, 0.29) is 17.9 Å². The molecule has 2 nitrogen and oxygen atoms in total. The van der Waals surface area contributed by atoms with Crippen molar-refractivity contribution >= 4 is 11.0 Å². The fourth-order valence-electron chi connectivity index (χ4n) is 2.11.